The molecule has 0 aromatic heterocycles. The Morgan fingerprint density at radius 2 is 1.64 bits per heavy atom. The van der Waals surface area contributed by atoms with Gasteiger partial charge in [-0.1, -0.05) is 41.5 Å². The topological polar surface area (TPSA) is 26.3 Å². The van der Waals surface area contributed by atoms with E-state index in [9.17, 15) is 4.79 Å². The molecular formula is C12H20O2. The average Bonchev–Trinajstić information content (AvgIpc) is 1.77. The van der Waals surface area contributed by atoms with Crippen molar-refractivity contribution in [2.24, 2.45) is 16.7 Å². The lowest BCUT2D eigenvalue weighted by Crippen LogP contribution is -2.42. The molecule has 0 amide bonds. The largest absolute Gasteiger partial charge is 0.430 e. The Morgan fingerprint density at radius 3 is 1.93 bits per heavy atom. The number of hydrogen-bond acceptors (Lipinski definition) is 2. The first-order valence-corrected chi connectivity index (χ1v) is 5.06. The van der Waals surface area contributed by atoms with Crippen molar-refractivity contribution in [1.82, 2.24) is 0 Å². The summed E-state index contributed by atoms with van der Waals surface area (Å²) < 4.78 is 5.08. The number of allylic oxidation sites excluding steroid dienone is 1. The third-order valence-electron chi connectivity index (χ3n) is 2.18. The van der Waals surface area contributed by atoms with Gasteiger partial charge in [-0.25, -0.2) is 0 Å². The number of rotatable bonds is 0. The van der Waals surface area contributed by atoms with Gasteiger partial charge in [0, 0.05) is 0 Å². The first-order valence-electron chi connectivity index (χ1n) is 5.06. The quantitative estimate of drug-likeness (QED) is 0.556. The van der Waals surface area contributed by atoms with E-state index in [1.807, 2.05) is 6.08 Å². The van der Waals surface area contributed by atoms with Crippen molar-refractivity contribution in [3.05, 3.63) is 11.8 Å². The second-order valence-electron chi connectivity index (χ2n) is 6.13. The fraction of sp³-hybridized carbons (Fsp3) is 0.750. The Kier molecular flexibility index (Phi) is 2.51. The lowest BCUT2D eigenvalue weighted by Gasteiger charge is -2.38. The van der Waals surface area contributed by atoms with Gasteiger partial charge in [0.15, 0.2) is 0 Å². The standard InChI is InChI=1S/C12H20O2/c1-11(2,3)7-8-9(10(13)14-8)12(4,5)6/h7,9H,1-6H3/b8-7-/t9-/m1/s1. The Bertz CT molecular complexity index is 274. The van der Waals surface area contributed by atoms with Crippen LogP contribution in [0.4, 0.5) is 0 Å². The summed E-state index contributed by atoms with van der Waals surface area (Å²) in [5.41, 5.74) is 0.0337. The summed E-state index contributed by atoms with van der Waals surface area (Å²) in [7, 11) is 0. The SMILES string of the molecule is CC(C)(C)/C=C1\OC(=O)[C@@H]1C(C)(C)C. The van der Waals surface area contributed by atoms with E-state index in [0.29, 0.717) is 0 Å². The lowest BCUT2D eigenvalue weighted by atomic mass is 9.75. The van der Waals surface area contributed by atoms with E-state index in [2.05, 4.69) is 41.5 Å². The van der Waals surface area contributed by atoms with Crippen molar-refractivity contribution < 1.29 is 9.53 Å². The summed E-state index contributed by atoms with van der Waals surface area (Å²) in [5, 5.41) is 0. The molecule has 1 aliphatic rings. The number of hydrogen-bond donors (Lipinski definition) is 0. The smallest absolute Gasteiger partial charge is 0.322 e. The minimum absolute atomic E-state index is 0.0353. The van der Waals surface area contributed by atoms with Crippen LogP contribution in [-0.2, 0) is 9.53 Å². The van der Waals surface area contributed by atoms with Crippen LogP contribution in [-0.4, -0.2) is 5.97 Å². The molecule has 1 heterocycles. The summed E-state index contributed by atoms with van der Waals surface area (Å²) in [5.74, 6) is 0.699. The first-order chi connectivity index (χ1) is 6.11. The van der Waals surface area contributed by atoms with Crippen molar-refractivity contribution in [2.45, 2.75) is 41.5 Å². The zero-order valence-corrected chi connectivity index (χ0v) is 9.97. The Morgan fingerprint density at radius 1 is 1.14 bits per heavy atom. The number of carbonyl (C=O) groups excluding carboxylic acids is 1. The lowest BCUT2D eigenvalue weighted by molar-refractivity contribution is -0.163. The van der Waals surface area contributed by atoms with Crippen LogP contribution in [0.2, 0.25) is 0 Å². The van der Waals surface area contributed by atoms with Crippen molar-refractivity contribution in [3.63, 3.8) is 0 Å². The van der Waals surface area contributed by atoms with E-state index in [1.54, 1.807) is 0 Å². The molecule has 0 aromatic carbocycles. The maximum atomic E-state index is 11.3. The highest BCUT2D eigenvalue weighted by molar-refractivity contribution is 5.83. The molecular weight excluding hydrogens is 176 g/mol. The molecule has 2 heteroatoms. The zero-order chi connectivity index (χ0) is 11.1. The predicted octanol–water partition coefficient (Wildman–Crippen LogP) is 3.14. The molecule has 0 radical (unpaired) electrons. The van der Waals surface area contributed by atoms with Gasteiger partial charge in [-0.2, -0.15) is 0 Å². The highest BCUT2D eigenvalue weighted by Crippen LogP contribution is 2.42. The molecule has 80 valence electrons. The van der Waals surface area contributed by atoms with Crippen LogP contribution in [0.5, 0.6) is 0 Å². The van der Waals surface area contributed by atoms with Gasteiger partial charge < -0.3 is 4.74 Å². The summed E-state index contributed by atoms with van der Waals surface area (Å²) in [6.07, 6.45) is 2.05. The third-order valence-corrected chi connectivity index (χ3v) is 2.18. The Balaban J connectivity index is 2.87. The molecule has 0 saturated carbocycles. The summed E-state index contributed by atoms with van der Waals surface area (Å²) in [6.45, 7) is 12.5. The van der Waals surface area contributed by atoms with E-state index >= 15 is 0 Å². The summed E-state index contributed by atoms with van der Waals surface area (Å²) >= 11 is 0. The molecule has 0 unspecified atom stereocenters. The first kappa shape index (κ1) is 11.3. The summed E-state index contributed by atoms with van der Waals surface area (Å²) in [6, 6.07) is 0. The Labute approximate surface area is 86.3 Å². The second kappa shape index (κ2) is 3.11. The van der Waals surface area contributed by atoms with Crippen molar-refractivity contribution in [3.8, 4) is 0 Å². The highest BCUT2D eigenvalue weighted by Gasteiger charge is 2.46. The monoisotopic (exact) mass is 196 g/mol. The van der Waals surface area contributed by atoms with Crippen LogP contribution in [0.15, 0.2) is 11.8 Å². The van der Waals surface area contributed by atoms with E-state index in [0.717, 1.165) is 5.76 Å². The van der Waals surface area contributed by atoms with Gasteiger partial charge >= 0.3 is 5.97 Å². The molecule has 0 aliphatic carbocycles. The van der Waals surface area contributed by atoms with E-state index < -0.39 is 0 Å². The van der Waals surface area contributed by atoms with Crippen LogP contribution in [0.3, 0.4) is 0 Å². The molecule has 2 nitrogen and oxygen atoms in total. The number of carbonyl (C=O) groups is 1. The van der Waals surface area contributed by atoms with E-state index in [-0.39, 0.29) is 22.7 Å². The van der Waals surface area contributed by atoms with Crippen LogP contribution in [0.1, 0.15) is 41.5 Å². The molecule has 0 bridgehead atoms. The molecule has 1 fully saturated rings. The molecule has 0 aromatic rings. The fourth-order valence-electron chi connectivity index (χ4n) is 1.61. The second-order valence-corrected chi connectivity index (χ2v) is 6.13. The molecule has 1 atom stereocenters. The van der Waals surface area contributed by atoms with Gasteiger partial charge in [0.1, 0.15) is 11.7 Å². The predicted molar refractivity (Wildman–Crippen MR) is 56.6 cm³/mol. The molecule has 1 rings (SSSR count). The van der Waals surface area contributed by atoms with Gasteiger partial charge in [-0.05, 0) is 16.9 Å². The van der Waals surface area contributed by atoms with Gasteiger partial charge in [-0.3, -0.25) is 4.79 Å². The average molecular weight is 196 g/mol. The maximum Gasteiger partial charge on any atom is 0.322 e. The van der Waals surface area contributed by atoms with Gasteiger partial charge in [0.25, 0.3) is 0 Å². The van der Waals surface area contributed by atoms with Crippen LogP contribution >= 0.6 is 0 Å². The van der Waals surface area contributed by atoms with Crippen molar-refractivity contribution >= 4 is 5.97 Å². The number of ether oxygens (including phenoxy) is 1. The normalized spacial score (nSPS) is 26.0. The van der Waals surface area contributed by atoms with Crippen LogP contribution in [0, 0.1) is 16.7 Å². The fourth-order valence-corrected chi connectivity index (χ4v) is 1.61. The minimum atomic E-state index is -0.0898. The molecule has 0 spiro atoms. The number of cyclic esters (lactones) is 1. The van der Waals surface area contributed by atoms with E-state index in [1.165, 1.54) is 0 Å². The van der Waals surface area contributed by atoms with Crippen LogP contribution < -0.4 is 0 Å². The van der Waals surface area contributed by atoms with Crippen molar-refractivity contribution in [2.75, 3.05) is 0 Å². The van der Waals surface area contributed by atoms with Crippen LogP contribution in [0.25, 0.3) is 0 Å². The Hall–Kier alpha value is -0.790. The van der Waals surface area contributed by atoms with Gasteiger partial charge in [0.2, 0.25) is 0 Å². The minimum Gasteiger partial charge on any atom is -0.430 e. The molecule has 1 aliphatic heterocycles. The van der Waals surface area contributed by atoms with Gasteiger partial charge in [0.05, 0.1) is 0 Å². The van der Waals surface area contributed by atoms with Crippen molar-refractivity contribution in [1.29, 1.82) is 0 Å². The highest BCUT2D eigenvalue weighted by atomic mass is 16.6. The zero-order valence-electron chi connectivity index (χ0n) is 9.97. The third kappa shape index (κ3) is 2.37. The maximum absolute atomic E-state index is 11.3. The molecule has 1 saturated heterocycles. The number of esters is 1. The molecule has 0 N–H and O–H groups in total. The summed E-state index contributed by atoms with van der Waals surface area (Å²) in [4.78, 5) is 11.3. The van der Waals surface area contributed by atoms with Gasteiger partial charge in [-0.15, -0.1) is 0 Å². The molecule has 14 heavy (non-hydrogen) atoms. The van der Waals surface area contributed by atoms with E-state index in [4.69, 9.17) is 4.74 Å².